The molecule has 0 amide bonds. The topological polar surface area (TPSA) is 9.23 Å². The van der Waals surface area contributed by atoms with E-state index in [1.807, 2.05) is 52.4 Å². The Morgan fingerprint density at radius 3 is 2.10 bits per heavy atom. The van der Waals surface area contributed by atoms with Crippen LogP contribution in [0.4, 0.5) is 0 Å². The van der Waals surface area contributed by atoms with Gasteiger partial charge in [-0.05, 0) is 31.5 Å². The number of hydrogen-bond acceptors (Lipinski definition) is 1. The first-order valence-corrected chi connectivity index (χ1v) is 16.6. The Morgan fingerprint density at radius 1 is 0.966 bits per heavy atom. The molecule has 0 heterocycles. The second-order valence-electron chi connectivity index (χ2n) is 7.66. The molecule has 0 fully saturated rings. The number of rotatable bonds is 6. The Balaban J connectivity index is 0.000000253. The molecule has 0 N–H and O–H groups in total. The molecule has 1 aliphatic rings. The molecule has 0 aliphatic heterocycles. The summed E-state index contributed by atoms with van der Waals surface area (Å²) in [6.07, 6.45) is 9.81. The maximum atomic E-state index is 5.72. The van der Waals surface area contributed by atoms with E-state index < -0.39 is 0 Å². The summed E-state index contributed by atoms with van der Waals surface area (Å²) < 4.78 is 7.54. The first kappa shape index (κ1) is 23.4. The van der Waals surface area contributed by atoms with E-state index >= 15 is 0 Å². The molecule has 1 nitrogen and oxygen atoms in total. The fourth-order valence-corrected chi connectivity index (χ4v) is 9.13. The van der Waals surface area contributed by atoms with Gasteiger partial charge in [0, 0.05) is 5.57 Å². The summed E-state index contributed by atoms with van der Waals surface area (Å²) in [4.78, 5) is 0. The Morgan fingerprint density at radius 2 is 1.59 bits per heavy atom. The normalized spacial score (nSPS) is 13.1. The van der Waals surface area contributed by atoms with Crippen LogP contribution < -0.4 is 4.74 Å². The molecule has 0 radical (unpaired) electrons. The molecule has 0 aromatic heterocycles. The van der Waals surface area contributed by atoms with Crippen LogP contribution in [0.3, 0.4) is 0 Å². The van der Waals surface area contributed by atoms with Crippen molar-refractivity contribution < 1.29 is 23.1 Å². The van der Waals surface area contributed by atoms with Crippen molar-refractivity contribution in [1.82, 2.24) is 0 Å². The van der Waals surface area contributed by atoms with Crippen LogP contribution in [0.1, 0.15) is 32.8 Å². The standard InChI is InChI=1S/C18H18O.C6H7.C2H7Si.Ti/c1-15(2)13-17(16-9-5-3-6-10-16)14-19-18-11-7-4-8-12-18;1-6-4-2-3-5-6;1-3-2;/h3-14H,1-2H3;2,4H,3H2,1H3;3H,1-2H3;. The van der Waals surface area contributed by atoms with Crippen LogP contribution in [0.25, 0.3) is 5.57 Å². The third-order valence-electron chi connectivity index (χ3n) is 4.25. The summed E-state index contributed by atoms with van der Waals surface area (Å²) in [5.74, 6) is 0.845. The zero-order valence-electron chi connectivity index (χ0n) is 18.3. The first-order valence-electron chi connectivity index (χ1n) is 10.2. The summed E-state index contributed by atoms with van der Waals surface area (Å²) in [5, 5.41) is 0. The van der Waals surface area contributed by atoms with Crippen LogP contribution >= 0.6 is 0 Å². The van der Waals surface area contributed by atoms with Crippen molar-refractivity contribution >= 4 is 12.2 Å². The average Bonchev–Trinajstić information content (AvgIpc) is 3.11. The second-order valence-corrected chi connectivity index (χ2v) is 18.0. The molecule has 2 aromatic carbocycles. The van der Waals surface area contributed by atoms with Gasteiger partial charge >= 0.3 is 73.1 Å². The molecule has 0 saturated carbocycles. The molecular formula is C26H32OSiTi. The van der Waals surface area contributed by atoms with Gasteiger partial charge in [-0.2, -0.15) is 0 Å². The number of ether oxygens (including phenoxy) is 1. The van der Waals surface area contributed by atoms with Gasteiger partial charge < -0.3 is 4.74 Å². The molecule has 3 heteroatoms. The number of para-hydroxylation sites is 1. The molecule has 3 rings (SSSR count). The van der Waals surface area contributed by atoms with Crippen LogP contribution in [-0.4, -0.2) is 6.66 Å². The monoisotopic (exact) mass is 436 g/mol. The van der Waals surface area contributed by atoms with Crippen molar-refractivity contribution in [2.45, 2.75) is 40.3 Å². The van der Waals surface area contributed by atoms with E-state index in [2.05, 4.69) is 64.2 Å². The fraction of sp³-hybridized carbons (Fsp3) is 0.231. The number of allylic oxidation sites excluding steroid dienone is 7. The zero-order valence-corrected chi connectivity index (χ0v) is 21.0. The maximum absolute atomic E-state index is 5.72. The van der Waals surface area contributed by atoms with E-state index in [1.165, 1.54) is 12.0 Å². The Labute approximate surface area is 186 Å². The van der Waals surface area contributed by atoms with Gasteiger partial charge in [-0.3, -0.25) is 0 Å². The quantitative estimate of drug-likeness (QED) is 0.261. The molecule has 0 unspecified atom stereocenters. The Hall–Kier alpha value is -1.87. The van der Waals surface area contributed by atoms with Gasteiger partial charge in [0.1, 0.15) is 5.75 Å². The van der Waals surface area contributed by atoms with E-state index in [4.69, 9.17) is 4.74 Å². The van der Waals surface area contributed by atoms with Crippen LogP contribution in [-0.2, 0) is 18.4 Å². The van der Waals surface area contributed by atoms with E-state index in [9.17, 15) is 0 Å². The van der Waals surface area contributed by atoms with Crippen LogP contribution in [0.2, 0.25) is 13.1 Å². The number of hydrogen-bond donors (Lipinski definition) is 0. The molecule has 0 spiro atoms. The fourth-order valence-electron chi connectivity index (χ4n) is 2.89. The predicted molar refractivity (Wildman–Crippen MR) is 126 cm³/mol. The third-order valence-corrected chi connectivity index (χ3v) is 10.4. The van der Waals surface area contributed by atoms with Gasteiger partial charge in [0.25, 0.3) is 0 Å². The van der Waals surface area contributed by atoms with E-state index in [0.29, 0.717) is 18.4 Å². The van der Waals surface area contributed by atoms with Crippen molar-refractivity contribution in [3.8, 4) is 5.75 Å². The summed E-state index contributed by atoms with van der Waals surface area (Å²) in [7, 11) is 0. The summed E-state index contributed by atoms with van der Waals surface area (Å²) in [6.45, 7) is 11.1. The Kier molecular flexibility index (Phi) is 10.2. The van der Waals surface area contributed by atoms with Gasteiger partial charge in [-0.15, -0.1) is 0 Å². The third kappa shape index (κ3) is 8.99. The summed E-state index contributed by atoms with van der Waals surface area (Å²) in [6, 6.07) is 20.0. The van der Waals surface area contributed by atoms with E-state index in [0.717, 1.165) is 16.9 Å². The minimum atomic E-state index is -0.235. The first-order chi connectivity index (χ1) is 14.0. The van der Waals surface area contributed by atoms with Gasteiger partial charge in [-0.1, -0.05) is 60.2 Å². The van der Waals surface area contributed by atoms with Gasteiger partial charge in [0.15, 0.2) is 0 Å². The van der Waals surface area contributed by atoms with Crippen LogP contribution in [0.15, 0.2) is 100 Å². The van der Waals surface area contributed by atoms with E-state index in [1.54, 1.807) is 11.8 Å². The number of benzene rings is 2. The van der Waals surface area contributed by atoms with Crippen molar-refractivity contribution in [2.24, 2.45) is 0 Å². The van der Waals surface area contributed by atoms with Gasteiger partial charge in [0.05, 0.1) is 6.26 Å². The van der Waals surface area contributed by atoms with Crippen molar-refractivity contribution in [1.29, 1.82) is 0 Å². The van der Waals surface area contributed by atoms with Crippen molar-refractivity contribution in [2.75, 3.05) is 0 Å². The molecule has 1 aliphatic carbocycles. The molecule has 0 atom stereocenters. The molecular weight excluding hydrogens is 404 g/mol. The Bertz CT molecular complexity index is 873. The molecule has 150 valence electrons. The molecule has 0 bridgehead atoms. The predicted octanol–water partition coefficient (Wildman–Crippen LogP) is 7.36. The van der Waals surface area contributed by atoms with Crippen LogP contribution in [0.5, 0.6) is 5.75 Å². The zero-order chi connectivity index (χ0) is 21.1. The minimum absolute atomic E-state index is 0.235. The molecule has 2 aromatic rings. The van der Waals surface area contributed by atoms with Crippen LogP contribution in [0, 0.1) is 0 Å². The van der Waals surface area contributed by atoms with Crippen molar-refractivity contribution in [3.05, 3.63) is 106 Å². The SMILES string of the molecule is CC(C)=CC(=COc1ccccc1)c1ccccc1.CC1=[C]([Ti][SiH](C)C)CC=C1. The van der Waals surface area contributed by atoms with E-state index in [-0.39, 0.29) is 6.66 Å². The average molecular weight is 436 g/mol. The van der Waals surface area contributed by atoms with Gasteiger partial charge in [0.2, 0.25) is 0 Å². The van der Waals surface area contributed by atoms with Crippen molar-refractivity contribution in [3.63, 3.8) is 0 Å². The summed E-state index contributed by atoms with van der Waals surface area (Å²) in [5.41, 5.74) is 5.05. The molecule has 29 heavy (non-hydrogen) atoms. The van der Waals surface area contributed by atoms with Gasteiger partial charge in [-0.25, -0.2) is 0 Å². The molecule has 0 saturated heterocycles. The second kappa shape index (κ2) is 12.6. The summed E-state index contributed by atoms with van der Waals surface area (Å²) >= 11 is 0.350.